The molecule has 3 atom stereocenters. The number of likely N-dealkylation sites (N-methyl/N-ethyl adjacent to an activating group) is 1. The number of rotatable bonds is 1. The summed E-state index contributed by atoms with van der Waals surface area (Å²) in [5, 5.41) is 9.02. The van der Waals surface area contributed by atoms with Gasteiger partial charge in [0.2, 0.25) is 0 Å². The normalized spacial score (nSPS) is 46.8. The highest BCUT2D eigenvalue weighted by atomic mass is 16.3. The summed E-state index contributed by atoms with van der Waals surface area (Å²) in [5.41, 5.74) is 0. The number of aliphatic hydroxyl groups excluding tert-OH is 1. The minimum atomic E-state index is 0.359. The summed E-state index contributed by atoms with van der Waals surface area (Å²) in [6.07, 6.45) is 4.04. The summed E-state index contributed by atoms with van der Waals surface area (Å²) in [4.78, 5) is 2.36. The minimum Gasteiger partial charge on any atom is -0.395 e. The first kappa shape index (κ1) is 6.62. The standard InChI is InChI=1S/C8H15NO/c1-9-7-3-2-6(4-7)8(9)5-10/h6-8,10H,2-5H2,1H3/t6-,7+,8?/m0/s1. The van der Waals surface area contributed by atoms with Gasteiger partial charge in [0, 0.05) is 12.1 Å². The molecule has 0 amide bonds. The van der Waals surface area contributed by atoms with Crippen LogP contribution in [0.25, 0.3) is 0 Å². The van der Waals surface area contributed by atoms with Crippen LogP contribution in [0.1, 0.15) is 19.3 Å². The maximum absolute atomic E-state index is 9.02. The van der Waals surface area contributed by atoms with Crippen molar-refractivity contribution in [2.45, 2.75) is 31.3 Å². The van der Waals surface area contributed by atoms with Crippen molar-refractivity contribution in [3.8, 4) is 0 Å². The molecule has 1 saturated heterocycles. The van der Waals surface area contributed by atoms with E-state index in [2.05, 4.69) is 11.9 Å². The molecule has 0 spiro atoms. The molecule has 1 N–H and O–H groups in total. The average Bonchev–Trinajstić information content (AvgIpc) is 2.46. The van der Waals surface area contributed by atoms with Crippen molar-refractivity contribution in [3.63, 3.8) is 0 Å². The van der Waals surface area contributed by atoms with Crippen molar-refractivity contribution in [2.75, 3.05) is 13.7 Å². The van der Waals surface area contributed by atoms with Crippen LogP contribution in [0.3, 0.4) is 0 Å². The smallest absolute Gasteiger partial charge is 0.0589 e. The molecule has 0 aromatic carbocycles. The van der Waals surface area contributed by atoms with Gasteiger partial charge in [-0.25, -0.2) is 0 Å². The Kier molecular flexibility index (Phi) is 1.46. The fraction of sp³-hybridized carbons (Fsp3) is 1.00. The zero-order valence-corrected chi connectivity index (χ0v) is 6.45. The highest BCUT2D eigenvalue weighted by molar-refractivity contribution is 4.97. The Balaban J connectivity index is 2.10. The van der Waals surface area contributed by atoms with E-state index in [-0.39, 0.29) is 0 Å². The molecule has 2 aliphatic rings. The van der Waals surface area contributed by atoms with Gasteiger partial charge in [0.25, 0.3) is 0 Å². The molecule has 2 heteroatoms. The predicted octanol–water partition coefficient (Wildman–Crippen LogP) is 0.461. The molecule has 0 aromatic rings. The maximum atomic E-state index is 9.02. The molecule has 58 valence electrons. The Morgan fingerprint density at radius 3 is 2.70 bits per heavy atom. The van der Waals surface area contributed by atoms with Gasteiger partial charge in [-0.05, 0) is 32.2 Å². The van der Waals surface area contributed by atoms with Crippen LogP contribution < -0.4 is 0 Å². The minimum absolute atomic E-state index is 0.359. The molecule has 1 aliphatic heterocycles. The van der Waals surface area contributed by atoms with Crippen LogP contribution in [0.4, 0.5) is 0 Å². The lowest BCUT2D eigenvalue weighted by Crippen LogP contribution is -2.39. The summed E-state index contributed by atoms with van der Waals surface area (Å²) in [5.74, 6) is 0.806. The number of nitrogens with zero attached hydrogens (tertiary/aromatic N) is 1. The van der Waals surface area contributed by atoms with Gasteiger partial charge >= 0.3 is 0 Å². The lowest BCUT2D eigenvalue weighted by Gasteiger charge is -2.30. The van der Waals surface area contributed by atoms with E-state index >= 15 is 0 Å². The molecule has 10 heavy (non-hydrogen) atoms. The van der Waals surface area contributed by atoms with Gasteiger partial charge in [-0.15, -0.1) is 0 Å². The average molecular weight is 141 g/mol. The van der Waals surface area contributed by atoms with Crippen molar-refractivity contribution < 1.29 is 5.11 Å². The lowest BCUT2D eigenvalue weighted by molar-refractivity contribution is 0.108. The first-order chi connectivity index (χ1) is 4.83. The summed E-state index contributed by atoms with van der Waals surface area (Å²) >= 11 is 0. The van der Waals surface area contributed by atoms with Crippen molar-refractivity contribution in [1.82, 2.24) is 4.90 Å². The number of hydrogen-bond donors (Lipinski definition) is 1. The Hall–Kier alpha value is -0.0800. The van der Waals surface area contributed by atoms with Crippen LogP contribution in [0.15, 0.2) is 0 Å². The molecule has 2 rings (SSSR count). The number of hydrogen-bond acceptors (Lipinski definition) is 2. The summed E-state index contributed by atoms with van der Waals surface area (Å²) < 4.78 is 0. The van der Waals surface area contributed by atoms with Crippen LogP contribution in [0.5, 0.6) is 0 Å². The van der Waals surface area contributed by atoms with Crippen LogP contribution >= 0.6 is 0 Å². The third-order valence-corrected chi connectivity index (χ3v) is 3.28. The third-order valence-electron chi connectivity index (χ3n) is 3.28. The molecule has 1 unspecified atom stereocenters. The van der Waals surface area contributed by atoms with E-state index in [0.29, 0.717) is 12.6 Å². The molecule has 2 bridgehead atoms. The zero-order valence-electron chi connectivity index (χ0n) is 6.45. The fourth-order valence-electron chi connectivity index (χ4n) is 2.59. The first-order valence-corrected chi connectivity index (χ1v) is 4.15. The molecular formula is C8H15NO. The number of fused-ring (bicyclic) bond motifs is 2. The van der Waals surface area contributed by atoms with Crippen molar-refractivity contribution in [3.05, 3.63) is 0 Å². The second-order valence-electron chi connectivity index (χ2n) is 3.64. The Morgan fingerprint density at radius 2 is 2.30 bits per heavy atom. The van der Waals surface area contributed by atoms with Crippen molar-refractivity contribution in [2.24, 2.45) is 5.92 Å². The molecule has 1 heterocycles. The summed E-state index contributed by atoms with van der Waals surface area (Å²) in [7, 11) is 2.14. The fourth-order valence-corrected chi connectivity index (χ4v) is 2.59. The van der Waals surface area contributed by atoms with Gasteiger partial charge < -0.3 is 5.11 Å². The van der Waals surface area contributed by atoms with Gasteiger partial charge in [0.15, 0.2) is 0 Å². The SMILES string of the molecule is CN1C(CO)[C@H]2CC[C@@H]1C2. The molecular weight excluding hydrogens is 126 g/mol. The van der Waals surface area contributed by atoms with E-state index in [4.69, 9.17) is 5.11 Å². The van der Waals surface area contributed by atoms with E-state index in [0.717, 1.165) is 12.0 Å². The van der Waals surface area contributed by atoms with E-state index < -0.39 is 0 Å². The molecule has 2 fully saturated rings. The Morgan fingerprint density at radius 1 is 1.50 bits per heavy atom. The molecule has 2 nitrogen and oxygen atoms in total. The lowest BCUT2D eigenvalue weighted by atomic mass is 10.0. The largest absolute Gasteiger partial charge is 0.395 e. The van der Waals surface area contributed by atoms with E-state index in [1.807, 2.05) is 0 Å². The van der Waals surface area contributed by atoms with Crippen LogP contribution in [-0.2, 0) is 0 Å². The highest BCUT2D eigenvalue weighted by Crippen LogP contribution is 2.40. The Labute approximate surface area is 61.8 Å². The summed E-state index contributed by atoms with van der Waals surface area (Å²) in [6.45, 7) is 0.359. The Bertz CT molecular complexity index is 135. The van der Waals surface area contributed by atoms with Gasteiger partial charge in [0.1, 0.15) is 0 Å². The van der Waals surface area contributed by atoms with Crippen molar-refractivity contribution in [1.29, 1.82) is 0 Å². The molecule has 1 saturated carbocycles. The summed E-state index contributed by atoms with van der Waals surface area (Å²) in [6, 6.07) is 1.28. The molecule has 1 aliphatic carbocycles. The third kappa shape index (κ3) is 0.722. The zero-order chi connectivity index (χ0) is 7.14. The van der Waals surface area contributed by atoms with Gasteiger partial charge in [-0.1, -0.05) is 0 Å². The quantitative estimate of drug-likeness (QED) is 0.573. The van der Waals surface area contributed by atoms with Gasteiger partial charge in [-0.2, -0.15) is 0 Å². The van der Waals surface area contributed by atoms with Gasteiger partial charge in [-0.3, -0.25) is 4.90 Å². The van der Waals surface area contributed by atoms with Crippen LogP contribution in [-0.4, -0.2) is 35.7 Å². The number of likely N-dealkylation sites (tertiary alicyclic amines) is 1. The second-order valence-corrected chi connectivity index (χ2v) is 3.64. The second kappa shape index (κ2) is 2.21. The monoisotopic (exact) mass is 141 g/mol. The topological polar surface area (TPSA) is 23.5 Å². The van der Waals surface area contributed by atoms with Gasteiger partial charge in [0.05, 0.1) is 6.61 Å². The maximum Gasteiger partial charge on any atom is 0.0589 e. The van der Waals surface area contributed by atoms with Crippen LogP contribution in [0, 0.1) is 5.92 Å². The molecule has 0 radical (unpaired) electrons. The van der Waals surface area contributed by atoms with E-state index in [9.17, 15) is 0 Å². The number of aliphatic hydroxyl groups is 1. The van der Waals surface area contributed by atoms with E-state index in [1.165, 1.54) is 19.3 Å². The highest BCUT2D eigenvalue weighted by Gasteiger charge is 2.42. The first-order valence-electron chi connectivity index (χ1n) is 4.15. The van der Waals surface area contributed by atoms with Crippen LogP contribution in [0.2, 0.25) is 0 Å². The van der Waals surface area contributed by atoms with E-state index in [1.54, 1.807) is 0 Å². The number of piperidine rings is 1. The predicted molar refractivity (Wildman–Crippen MR) is 39.8 cm³/mol. The van der Waals surface area contributed by atoms with Crippen molar-refractivity contribution >= 4 is 0 Å². The molecule has 0 aromatic heterocycles.